The molecule has 0 saturated heterocycles. The van der Waals surface area contributed by atoms with Gasteiger partial charge in [-0.05, 0) is 19.1 Å². The van der Waals surface area contributed by atoms with Gasteiger partial charge in [-0.3, -0.25) is 4.79 Å². The van der Waals surface area contributed by atoms with E-state index in [0.29, 0.717) is 12.1 Å². The van der Waals surface area contributed by atoms with Crippen molar-refractivity contribution in [1.29, 1.82) is 0 Å². The van der Waals surface area contributed by atoms with Crippen LogP contribution in [-0.2, 0) is 6.54 Å². The van der Waals surface area contributed by atoms with Gasteiger partial charge in [0.25, 0.3) is 5.91 Å². The van der Waals surface area contributed by atoms with Crippen LogP contribution in [0.25, 0.3) is 0 Å². The zero-order chi connectivity index (χ0) is 11.4. The maximum atomic E-state index is 11.5. The maximum absolute atomic E-state index is 11.5. The van der Waals surface area contributed by atoms with E-state index in [0.717, 1.165) is 11.4 Å². The molecule has 2 aromatic heterocycles. The summed E-state index contributed by atoms with van der Waals surface area (Å²) in [6.07, 6.45) is 4.35. The first kappa shape index (κ1) is 10.4. The van der Waals surface area contributed by atoms with Gasteiger partial charge in [-0.1, -0.05) is 0 Å². The number of nitrogens with zero attached hydrogens (tertiary/aromatic N) is 2. The maximum Gasteiger partial charge on any atom is 0.254 e. The fourth-order valence-electron chi connectivity index (χ4n) is 1.27. The third-order valence-corrected chi connectivity index (χ3v) is 2.07. The highest BCUT2D eigenvalue weighted by molar-refractivity contribution is 5.93. The predicted molar refractivity (Wildman–Crippen MR) is 56.6 cm³/mol. The van der Waals surface area contributed by atoms with E-state index >= 15 is 0 Å². The zero-order valence-electron chi connectivity index (χ0n) is 8.80. The summed E-state index contributed by atoms with van der Waals surface area (Å²) in [7, 11) is 0. The van der Waals surface area contributed by atoms with Crippen LogP contribution in [0.3, 0.4) is 0 Å². The van der Waals surface area contributed by atoms with Gasteiger partial charge in [-0.2, -0.15) is 0 Å². The Balaban J connectivity index is 1.95. The van der Waals surface area contributed by atoms with E-state index in [1.54, 1.807) is 6.07 Å². The molecule has 0 atom stereocenters. The van der Waals surface area contributed by atoms with Gasteiger partial charge in [-0.15, -0.1) is 0 Å². The van der Waals surface area contributed by atoms with E-state index in [-0.39, 0.29) is 5.91 Å². The second-order valence-corrected chi connectivity index (χ2v) is 3.35. The van der Waals surface area contributed by atoms with Crippen LogP contribution in [0, 0.1) is 6.92 Å². The lowest BCUT2D eigenvalue weighted by atomic mass is 10.3. The number of carbonyl (C=O) groups excluding carboxylic acids is 1. The highest BCUT2D eigenvalue weighted by Gasteiger charge is 2.06. The molecule has 0 radical (unpaired) electrons. The molecule has 0 spiro atoms. The minimum absolute atomic E-state index is 0.176. The van der Waals surface area contributed by atoms with Crippen molar-refractivity contribution in [2.45, 2.75) is 13.5 Å². The van der Waals surface area contributed by atoms with Crippen molar-refractivity contribution in [2.24, 2.45) is 0 Å². The second-order valence-electron chi connectivity index (χ2n) is 3.35. The van der Waals surface area contributed by atoms with Gasteiger partial charge in [0.15, 0.2) is 0 Å². The molecule has 0 fully saturated rings. The Bertz CT molecular complexity index is 480. The van der Waals surface area contributed by atoms with Gasteiger partial charge in [0.05, 0.1) is 24.1 Å². The number of aryl methyl sites for hydroxylation is 1. The van der Waals surface area contributed by atoms with Crippen molar-refractivity contribution in [3.8, 4) is 0 Å². The molecule has 0 unspecified atom stereocenters. The Hall–Kier alpha value is -2.17. The van der Waals surface area contributed by atoms with Gasteiger partial charge < -0.3 is 9.73 Å². The number of hydrogen-bond donors (Lipinski definition) is 1. The normalized spacial score (nSPS) is 10.1. The van der Waals surface area contributed by atoms with E-state index in [1.165, 1.54) is 18.9 Å². The van der Waals surface area contributed by atoms with Gasteiger partial charge >= 0.3 is 0 Å². The summed E-state index contributed by atoms with van der Waals surface area (Å²) in [5.74, 6) is -0.176. The van der Waals surface area contributed by atoms with Gasteiger partial charge in [0, 0.05) is 5.69 Å². The second kappa shape index (κ2) is 4.57. The molecule has 1 amide bonds. The Kier molecular flexibility index (Phi) is 2.95. The number of amides is 1. The summed E-state index contributed by atoms with van der Waals surface area (Å²) < 4.78 is 4.82. The summed E-state index contributed by atoms with van der Waals surface area (Å²) in [5, 5.41) is 2.74. The SMILES string of the molecule is Cc1cc(CNC(=O)c2ccoc2)ncn1. The highest BCUT2D eigenvalue weighted by atomic mass is 16.3. The topological polar surface area (TPSA) is 68.0 Å². The molecule has 5 heteroatoms. The van der Waals surface area contributed by atoms with Crippen LogP contribution < -0.4 is 5.32 Å². The molecule has 0 bridgehead atoms. The van der Waals surface area contributed by atoms with Crippen molar-refractivity contribution in [2.75, 3.05) is 0 Å². The van der Waals surface area contributed by atoms with Crippen LogP contribution in [0.15, 0.2) is 35.4 Å². The molecule has 2 rings (SSSR count). The first-order valence-corrected chi connectivity index (χ1v) is 4.83. The monoisotopic (exact) mass is 217 g/mol. The Morgan fingerprint density at radius 3 is 3.06 bits per heavy atom. The van der Waals surface area contributed by atoms with Gasteiger partial charge in [0.1, 0.15) is 12.6 Å². The standard InChI is InChI=1S/C11H11N3O2/c1-8-4-10(14-7-13-8)5-12-11(15)9-2-3-16-6-9/h2-4,6-7H,5H2,1H3,(H,12,15). The number of hydrogen-bond acceptors (Lipinski definition) is 4. The smallest absolute Gasteiger partial charge is 0.254 e. The lowest BCUT2D eigenvalue weighted by molar-refractivity contribution is 0.0949. The Morgan fingerprint density at radius 1 is 1.50 bits per heavy atom. The molecule has 2 heterocycles. The number of furan rings is 1. The summed E-state index contributed by atoms with van der Waals surface area (Å²) in [6.45, 7) is 2.26. The molecule has 82 valence electrons. The number of aromatic nitrogens is 2. The number of rotatable bonds is 3. The zero-order valence-corrected chi connectivity index (χ0v) is 8.80. The van der Waals surface area contributed by atoms with Crippen molar-refractivity contribution in [3.05, 3.63) is 47.9 Å². The average Bonchev–Trinajstić information content (AvgIpc) is 2.79. The van der Waals surface area contributed by atoms with Crippen LogP contribution >= 0.6 is 0 Å². The van der Waals surface area contributed by atoms with E-state index in [4.69, 9.17) is 4.42 Å². The molecular weight excluding hydrogens is 206 g/mol. The molecule has 0 aromatic carbocycles. The quantitative estimate of drug-likeness (QED) is 0.841. The third kappa shape index (κ3) is 2.44. The van der Waals surface area contributed by atoms with Crippen LogP contribution in [0.5, 0.6) is 0 Å². The van der Waals surface area contributed by atoms with E-state index in [9.17, 15) is 4.79 Å². The fraction of sp³-hybridized carbons (Fsp3) is 0.182. The number of nitrogens with one attached hydrogen (secondary N) is 1. The minimum Gasteiger partial charge on any atom is -0.472 e. The average molecular weight is 217 g/mol. The minimum atomic E-state index is -0.176. The lowest BCUT2D eigenvalue weighted by Crippen LogP contribution is -2.22. The van der Waals surface area contributed by atoms with Crippen molar-refractivity contribution < 1.29 is 9.21 Å². The van der Waals surface area contributed by atoms with Gasteiger partial charge in [-0.25, -0.2) is 9.97 Å². The molecule has 2 aromatic rings. The lowest BCUT2D eigenvalue weighted by Gasteiger charge is -2.02. The van der Waals surface area contributed by atoms with Crippen LogP contribution in [0.4, 0.5) is 0 Å². The first-order valence-electron chi connectivity index (χ1n) is 4.83. The molecule has 0 aliphatic heterocycles. The van der Waals surface area contributed by atoms with Crippen LogP contribution in [-0.4, -0.2) is 15.9 Å². The van der Waals surface area contributed by atoms with E-state index < -0.39 is 0 Å². The molecular formula is C11H11N3O2. The largest absolute Gasteiger partial charge is 0.472 e. The summed E-state index contributed by atoms with van der Waals surface area (Å²) in [4.78, 5) is 19.6. The van der Waals surface area contributed by atoms with Crippen molar-refractivity contribution in [1.82, 2.24) is 15.3 Å². The van der Waals surface area contributed by atoms with Gasteiger partial charge in [0.2, 0.25) is 0 Å². The van der Waals surface area contributed by atoms with Crippen molar-refractivity contribution in [3.63, 3.8) is 0 Å². The molecule has 0 aliphatic rings. The number of carbonyl (C=O) groups is 1. The summed E-state index contributed by atoms with van der Waals surface area (Å²) in [6, 6.07) is 3.44. The molecule has 0 aliphatic carbocycles. The first-order chi connectivity index (χ1) is 7.75. The fourth-order valence-corrected chi connectivity index (χ4v) is 1.27. The summed E-state index contributed by atoms with van der Waals surface area (Å²) in [5.41, 5.74) is 2.16. The molecule has 1 N–H and O–H groups in total. The molecule has 0 saturated carbocycles. The van der Waals surface area contributed by atoms with Crippen LogP contribution in [0.2, 0.25) is 0 Å². The Labute approximate surface area is 92.5 Å². The highest BCUT2D eigenvalue weighted by Crippen LogP contribution is 2.01. The summed E-state index contributed by atoms with van der Waals surface area (Å²) >= 11 is 0. The Morgan fingerprint density at radius 2 is 2.38 bits per heavy atom. The third-order valence-electron chi connectivity index (χ3n) is 2.07. The van der Waals surface area contributed by atoms with Crippen molar-refractivity contribution >= 4 is 5.91 Å². The van der Waals surface area contributed by atoms with E-state index in [1.807, 2.05) is 13.0 Å². The molecule has 5 nitrogen and oxygen atoms in total. The molecule has 16 heavy (non-hydrogen) atoms. The van der Waals surface area contributed by atoms with E-state index in [2.05, 4.69) is 15.3 Å². The predicted octanol–water partition coefficient (Wildman–Crippen LogP) is 1.31. The van der Waals surface area contributed by atoms with Crippen LogP contribution in [0.1, 0.15) is 21.7 Å².